The van der Waals surface area contributed by atoms with Gasteiger partial charge in [-0.2, -0.15) is 0 Å². The number of allylic oxidation sites excluding steroid dienone is 2. The van der Waals surface area contributed by atoms with E-state index in [4.69, 9.17) is 23.7 Å². The molecule has 2 heterocycles. The van der Waals surface area contributed by atoms with Crippen LogP contribution in [-0.4, -0.2) is 67.4 Å². The van der Waals surface area contributed by atoms with Crippen molar-refractivity contribution in [1.29, 1.82) is 0 Å². The molecule has 0 bridgehead atoms. The summed E-state index contributed by atoms with van der Waals surface area (Å²) in [5.41, 5.74) is 2.80. The molecule has 3 aromatic rings. The highest BCUT2D eigenvalue weighted by Crippen LogP contribution is 2.32. The maximum atomic E-state index is 14.0. The Bertz CT molecular complexity index is 1600. The standard InChI is InChI=1S/C38H40Br2O9/c1-45-38-35-34(33(31(23-41)46-38)47-32(42)18-17-24-9-3-2-4-10-24)48-36(43)27(19-25-11-7-15-29(39)21-25)13-5-6-14-28(37(44)49-35)20-26-12-8-16-30(40)22-26/h2-12,15-16,21-22,27-28,31,33-35,38,41H,13-14,17-20,23H2,1H3/b6-5-/t27-,28-,31+,33+,34-,35+,38-/m0/s1. The lowest BCUT2D eigenvalue weighted by Gasteiger charge is -2.44. The second-order valence-corrected chi connectivity index (χ2v) is 14.0. The second kappa shape index (κ2) is 18.1. The normalized spacial score (nSPS) is 26.7. The molecule has 7 atom stereocenters. The first kappa shape index (κ1) is 36.9. The Morgan fingerprint density at radius 2 is 1.35 bits per heavy atom. The predicted octanol–water partition coefficient (Wildman–Crippen LogP) is 6.31. The maximum absolute atomic E-state index is 14.0. The fourth-order valence-corrected chi connectivity index (χ4v) is 7.02. The highest BCUT2D eigenvalue weighted by Gasteiger charge is 2.53. The fraction of sp³-hybridized carbons (Fsp3) is 0.395. The third-order valence-electron chi connectivity index (χ3n) is 8.65. The lowest BCUT2D eigenvalue weighted by Crippen LogP contribution is -2.63. The molecule has 5 rings (SSSR count). The Balaban J connectivity index is 1.48. The van der Waals surface area contributed by atoms with E-state index >= 15 is 0 Å². The lowest BCUT2D eigenvalue weighted by atomic mass is 9.92. The van der Waals surface area contributed by atoms with E-state index < -0.39 is 67.1 Å². The van der Waals surface area contributed by atoms with Crippen LogP contribution in [0.1, 0.15) is 36.0 Å². The van der Waals surface area contributed by atoms with E-state index in [0.29, 0.717) is 32.1 Å². The van der Waals surface area contributed by atoms with Crippen molar-refractivity contribution in [2.45, 2.75) is 69.2 Å². The molecule has 0 saturated carbocycles. The molecule has 2 aliphatic rings. The summed E-state index contributed by atoms with van der Waals surface area (Å²) < 4.78 is 31.6. The van der Waals surface area contributed by atoms with Crippen LogP contribution in [0.3, 0.4) is 0 Å². The van der Waals surface area contributed by atoms with Crippen LogP contribution in [0.4, 0.5) is 0 Å². The molecular formula is C38H40Br2O9. The number of carbonyl (C=O) groups excluding carboxylic acids is 3. The van der Waals surface area contributed by atoms with E-state index in [9.17, 15) is 19.5 Å². The van der Waals surface area contributed by atoms with Crippen molar-refractivity contribution in [2.24, 2.45) is 11.8 Å². The van der Waals surface area contributed by atoms with Gasteiger partial charge in [0.25, 0.3) is 0 Å². The molecule has 11 heteroatoms. The number of aliphatic hydroxyl groups is 1. The Kier molecular flexibility index (Phi) is 13.6. The van der Waals surface area contributed by atoms with Crippen LogP contribution in [0.25, 0.3) is 0 Å². The fourth-order valence-electron chi connectivity index (χ4n) is 6.12. The average molecular weight is 801 g/mol. The predicted molar refractivity (Wildman–Crippen MR) is 188 cm³/mol. The van der Waals surface area contributed by atoms with E-state index in [0.717, 1.165) is 25.6 Å². The summed E-state index contributed by atoms with van der Waals surface area (Å²) in [6.07, 6.45) is -0.543. The molecular weight excluding hydrogens is 760 g/mol. The minimum atomic E-state index is -1.33. The monoisotopic (exact) mass is 798 g/mol. The maximum Gasteiger partial charge on any atom is 0.310 e. The van der Waals surface area contributed by atoms with Gasteiger partial charge in [-0.05, 0) is 73.1 Å². The summed E-state index contributed by atoms with van der Waals surface area (Å²) in [7, 11) is 1.37. The quantitative estimate of drug-likeness (QED) is 0.143. The number of fused-ring (bicyclic) bond motifs is 1. The van der Waals surface area contributed by atoms with Crippen LogP contribution in [-0.2, 0) is 57.3 Å². The highest BCUT2D eigenvalue weighted by atomic mass is 79.9. The van der Waals surface area contributed by atoms with Crippen LogP contribution >= 0.6 is 31.9 Å². The molecule has 2 aliphatic heterocycles. The number of methoxy groups -OCH3 is 1. The van der Waals surface area contributed by atoms with Crippen LogP contribution in [0.5, 0.6) is 0 Å². The van der Waals surface area contributed by atoms with Crippen LogP contribution in [0.2, 0.25) is 0 Å². The number of ether oxygens (including phenoxy) is 5. The molecule has 1 saturated heterocycles. The molecule has 0 spiro atoms. The number of hydrogen-bond donors (Lipinski definition) is 1. The van der Waals surface area contributed by atoms with E-state index in [-0.39, 0.29) is 6.42 Å². The first-order chi connectivity index (χ1) is 23.7. The van der Waals surface area contributed by atoms with Crippen molar-refractivity contribution in [3.8, 4) is 0 Å². The molecule has 0 aromatic heterocycles. The topological polar surface area (TPSA) is 118 Å². The number of carbonyl (C=O) groups is 3. The third-order valence-corrected chi connectivity index (χ3v) is 9.64. The van der Waals surface area contributed by atoms with Gasteiger partial charge in [0, 0.05) is 22.5 Å². The van der Waals surface area contributed by atoms with Crippen LogP contribution in [0, 0.1) is 11.8 Å². The second-order valence-electron chi connectivity index (χ2n) is 12.2. The largest absolute Gasteiger partial charge is 0.455 e. The summed E-state index contributed by atoms with van der Waals surface area (Å²) in [6.45, 7) is -0.569. The molecule has 1 N–H and O–H groups in total. The summed E-state index contributed by atoms with van der Waals surface area (Å²) in [5, 5.41) is 10.4. The molecule has 0 amide bonds. The molecule has 260 valence electrons. The Hall–Kier alpha value is -3.35. The van der Waals surface area contributed by atoms with Gasteiger partial charge >= 0.3 is 17.9 Å². The first-order valence-corrected chi connectivity index (χ1v) is 17.9. The van der Waals surface area contributed by atoms with Crippen molar-refractivity contribution >= 4 is 49.8 Å². The molecule has 0 aliphatic carbocycles. The van der Waals surface area contributed by atoms with E-state index in [1.807, 2.05) is 91.0 Å². The number of benzene rings is 3. The number of aryl methyl sites for hydroxylation is 1. The number of aliphatic hydroxyl groups excluding tert-OH is 1. The van der Waals surface area contributed by atoms with Gasteiger partial charge < -0.3 is 28.8 Å². The van der Waals surface area contributed by atoms with Gasteiger partial charge in [0.1, 0.15) is 6.10 Å². The van der Waals surface area contributed by atoms with E-state index in [2.05, 4.69) is 31.9 Å². The lowest BCUT2D eigenvalue weighted by molar-refractivity contribution is -0.304. The summed E-state index contributed by atoms with van der Waals surface area (Å²) in [4.78, 5) is 41.2. The van der Waals surface area contributed by atoms with Gasteiger partial charge in [0.2, 0.25) is 0 Å². The van der Waals surface area contributed by atoms with Crippen LogP contribution < -0.4 is 0 Å². The summed E-state index contributed by atoms with van der Waals surface area (Å²) in [5.74, 6) is -2.91. The summed E-state index contributed by atoms with van der Waals surface area (Å²) >= 11 is 7.01. The molecule has 49 heavy (non-hydrogen) atoms. The van der Waals surface area contributed by atoms with Gasteiger partial charge in [-0.1, -0.05) is 98.6 Å². The first-order valence-electron chi connectivity index (χ1n) is 16.3. The Morgan fingerprint density at radius 3 is 1.88 bits per heavy atom. The van der Waals surface area contributed by atoms with E-state index in [1.54, 1.807) is 0 Å². The zero-order valence-electron chi connectivity index (χ0n) is 27.1. The van der Waals surface area contributed by atoms with Crippen LogP contribution in [0.15, 0.2) is 100.0 Å². The smallest absolute Gasteiger partial charge is 0.310 e. The van der Waals surface area contributed by atoms with Crippen molar-refractivity contribution < 1.29 is 43.2 Å². The SMILES string of the molecule is CO[C@H]1O[C@H](CO)[C@@H](OC(=O)CCc2ccccc2)[C@@H]2OC(=O)[C@H](Cc3cccc(Br)c3)C/C=C\C[C@@H](Cc3cccc(Br)c3)C(=O)O[C@@H]12. The minimum absolute atomic E-state index is 0.0303. The zero-order chi connectivity index (χ0) is 34.8. The summed E-state index contributed by atoms with van der Waals surface area (Å²) in [6, 6.07) is 24.9. The zero-order valence-corrected chi connectivity index (χ0v) is 30.3. The van der Waals surface area contributed by atoms with E-state index in [1.165, 1.54) is 7.11 Å². The van der Waals surface area contributed by atoms with Crippen molar-refractivity contribution in [1.82, 2.24) is 0 Å². The Labute approximate surface area is 303 Å². The average Bonchev–Trinajstić information content (AvgIpc) is 3.09. The van der Waals surface area contributed by atoms with Gasteiger partial charge in [-0.25, -0.2) is 0 Å². The highest BCUT2D eigenvalue weighted by molar-refractivity contribution is 9.10. The van der Waals surface area contributed by atoms with Gasteiger partial charge in [0.05, 0.1) is 18.4 Å². The van der Waals surface area contributed by atoms with Crippen molar-refractivity contribution in [3.63, 3.8) is 0 Å². The number of halogens is 2. The number of rotatable bonds is 10. The van der Waals surface area contributed by atoms with Gasteiger partial charge in [0.15, 0.2) is 24.6 Å². The Morgan fingerprint density at radius 1 is 0.796 bits per heavy atom. The van der Waals surface area contributed by atoms with Gasteiger partial charge in [-0.3, -0.25) is 14.4 Å². The minimum Gasteiger partial charge on any atom is -0.455 e. The van der Waals surface area contributed by atoms with Crippen molar-refractivity contribution in [2.75, 3.05) is 13.7 Å². The molecule has 9 nitrogen and oxygen atoms in total. The number of hydrogen-bond acceptors (Lipinski definition) is 9. The molecule has 1 fully saturated rings. The van der Waals surface area contributed by atoms with Crippen molar-refractivity contribution in [3.05, 3.63) is 117 Å². The molecule has 0 radical (unpaired) electrons. The molecule has 3 aromatic carbocycles. The molecule has 0 unspecified atom stereocenters. The van der Waals surface area contributed by atoms with Gasteiger partial charge in [-0.15, -0.1) is 0 Å². The number of esters is 3. The third kappa shape index (κ3) is 10.3.